The Kier molecular flexibility index (Phi) is 6.69. The van der Waals surface area contributed by atoms with Gasteiger partial charge in [-0.25, -0.2) is 0 Å². The number of aryl methyl sites for hydroxylation is 1. The van der Waals surface area contributed by atoms with Crippen LogP contribution in [0.25, 0.3) is 0 Å². The first-order valence-electron chi connectivity index (χ1n) is 10.6. The number of thioether (sulfide) groups is 1. The highest BCUT2D eigenvalue weighted by molar-refractivity contribution is 7.98. The van der Waals surface area contributed by atoms with Gasteiger partial charge in [0.2, 0.25) is 5.91 Å². The molecule has 2 amide bonds. The van der Waals surface area contributed by atoms with E-state index in [9.17, 15) is 9.59 Å². The molecule has 2 aliphatic heterocycles. The van der Waals surface area contributed by atoms with Crippen molar-refractivity contribution in [1.29, 1.82) is 0 Å². The Labute approximate surface area is 187 Å². The van der Waals surface area contributed by atoms with Crippen LogP contribution >= 0.6 is 23.4 Å². The van der Waals surface area contributed by atoms with E-state index in [1.165, 1.54) is 0 Å². The molecule has 0 aliphatic carbocycles. The Morgan fingerprint density at radius 3 is 2.43 bits per heavy atom. The van der Waals surface area contributed by atoms with Crippen molar-refractivity contribution >= 4 is 40.9 Å². The molecular weight excluding hydrogens is 416 g/mol. The Morgan fingerprint density at radius 1 is 1.00 bits per heavy atom. The van der Waals surface area contributed by atoms with Crippen LogP contribution in [0.5, 0.6) is 0 Å². The van der Waals surface area contributed by atoms with Gasteiger partial charge in [0.1, 0.15) is 0 Å². The van der Waals surface area contributed by atoms with Crippen LogP contribution in [0, 0.1) is 5.92 Å². The summed E-state index contributed by atoms with van der Waals surface area (Å²) in [5.41, 5.74) is 2.89. The van der Waals surface area contributed by atoms with Crippen molar-refractivity contribution in [2.75, 3.05) is 30.8 Å². The zero-order valence-corrected chi connectivity index (χ0v) is 18.8. The Bertz CT molecular complexity index is 923. The maximum atomic E-state index is 13.4. The minimum Gasteiger partial charge on any atom is -0.339 e. The normalized spacial score (nSPS) is 17.4. The van der Waals surface area contributed by atoms with Gasteiger partial charge in [-0.2, -0.15) is 0 Å². The Morgan fingerprint density at radius 2 is 1.73 bits per heavy atom. The SMILES string of the molecule is CSc1ccc(C(=O)N2CCC(C(=O)N3CCCCc4cc(Cl)ccc43)CC2)cc1. The van der Waals surface area contributed by atoms with E-state index in [2.05, 4.69) is 0 Å². The number of likely N-dealkylation sites (tertiary alicyclic amines) is 1. The van der Waals surface area contributed by atoms with Gasteiger partial charge in [-0.3, -0.25) is 9.59 Å². The lowest BCUT2D eigenvalue weighted by Gasteiger charge is -2.34. The van der Waals surface area contributed by atoms with Crippen LogP contribution in [-0.4, -0.2) is 42.6 Å². The van der Waals surface area contributed by atoms with E-state index in [4.69, 9.17) is 11.6 Å². The zero-order chi connectivity index (χ0) is 21.1. The van der Waals surface area contributed by atoms with Gasteiger partial charge in [0.05, 0.1) is 0 Å². The second-order valence-corrected chi connectivity index (χ2v) is 9.33. The molecule has 0 saturated carbocycles. The third-order valence-corrected chi connectivity index (χ3v) is 7.12. The van der Waals surface area contributed by atoms with Crippen molar-refractivity contribution in [2.24, 2.45) is 5.92 Å². The smallest absolute Gasteiger partial charge is 0.253 e. The summed E-state index contributed by atoms with van der Waals surface area (Å²) in [6.07, 6.45) is 6.48. The fourth-order valence-corrected chi connectivity index (χ4v) is 5.02. The van der Waals surface area contributed by atoms with Crippen LogP contribution in [0.15, 0.2) is 47.4 Å². The molecule has 6 heteroatoms. The molecule has 4 nitrogen and oxygen atoms in total. The van der Waals surface area contributed by atoms with Crippen LogP contribution < -0.4 is 4.90 Å². The summed E-state index contributed by atoms with van der Waals surface area (Å²) in [6, 6.07) is 13.6. The molecule has 4 rings (SSSR count). The molecule has 0 aromatic heterocycles. The van der Waals surface area contributed by atoms with E-state index in [-0.39, 0.29) is 17.7 Å². The minimum atomic E-state index is -0.0328. The number of amides is 2. The van der Waals surface area contributed by atoms with Gasteiger partial charge in [-0.1, -0.05) is 11.6 Å². The first kappa shape index (κ1) is 21.3. The molecular formula is C24H27ClN2O2S. The topological polar surface area (TPSA) is 40.6 Å². The number of anilines is 1. The average molecular weight is 443 g/mol. The molecule has 2 heterocycles. The average Bonchev–Trinajstić information content (AvgIpc) is 3.00. The van der Waals surface area contributed by atoms with E-state index < -0.39 is 0 Å². The number of halogens is 1. The Balaban J connectivity index is 1.41. The molecule has 0 N–H and O–H groups in total. The lowest BCUT2D eigenvalue weighted by Crippen LogP contribution is -2.44. The van der Waals surface area contributed by atoms with Gasteiger partial charge < -0.3 is 9.80 Å². The molecule has 2 aromatic carbocycles. The van der Waals surface area contributed by atoms with Gasteiger partial charge in [-0.05, 0) is 86.4 Å². The molecule has 0 radical (unpaired) electrons. The first-order chi connectivity index (χ1) is 14.6. The summed E-state index contributed by atoms with van der Waals surface area (Å²) in [6.45, 7) is 2.01. The van der Waals surface area contributed by atoms with Gasteiger partial charge in [0, 0.05) is 46.7 Å². The lowest BCUT2D eigenvalue weighted by atomic mass is 9.94. The predicted octanol–water partition coefficient (Wildman–Crippen LogP) is 5.28. The second-order valence-electron chi connectivity index (χ2n) is 8.01. The molecule has 30 heavy (non-hydrogen) atoms. The van der Waals surface area contributed by atoms with Crippen molar-refractivity contribution in [3.63, 3.8) is 0 Å². The lowest BCUT2D eigenvalue weighted by molar-refractivity contribution is -0.123. The number of benzene rings is 2. The predicted molar refractivity (Wildman–Crippen MR) is 124 cm³/mol. The minimum absolute atomic E-state index is 0.0328. The quantitative estimate of drug-likeness (QED) is 0.607. The van der Waals surface area contributed by atoms with Crippen LogP contribution in [0.2, 0.25) is 5.02 Å². The molecule has 0 bridgehead atoms. The van der Waals surface area contributed by atoms with E-state index in [1.54, 1.807) is 11.8 Å². The maximum absolute atomic E-state index is 13.4. The third-order valence-electron chi connectivity index (χ3n) is 6.14. The van der Waals surface area contributed by atoms with E-state index in [0.717, 1.165) is 52.5 Å². The highest BCUT2D eigenvalue weighted by Crippen LogP contribution is 2.32. The second kappa shape index (κ2) is 9.44. The number of fused-ring (bicyclic) bond motifs is 1. The highest BCUT2D eigenvalue weighted by atomic mass is 35.5. The molecule has 158 valence electrons. The van der Waals surface area contributed by atoms with Crippen LogP contribution in [0.1, 0.15) is 41.6 Å². The fraction of sp³-hybridized carbons (Fsp3) is 0.417. The number of rotatable bonds is 3. The molecule has 0 spiro atoms. The standard InChI is InChI=1S/C24H27ClN2O2S/c1-30-21-8-5-17(6-9-21)23(28)26-14-11-18(12-15-26)24(29)27-13-3-2-4-19-16-20(25)7-10-22(19)27/h5-10,16,18H,2-4,11-15H2,1H3. The van der Waals surface area contributed by atoms with Gasteiger partial charge in [0.15, 0.2) is 0 Å². The summed E-state index contributed by atoms with van der Waals surface area (Å²) in [7, 11) is 0. The van der Waals surface area contributed by atoms with E-state index in [0.29, 0.717) is 25.9 Å². The maximum Gasteiger partial charge on any atom is 0.253 e. The van der Waals surface area contributed by atoms with Crippen LogP contribution in [-0.2, 0) is 11.2 Å². The fourth-order valence-electron chi connectivity index (χ4n) is 4.42. The van der Waals surface area contributed by atoms with Crippen LogP contribution in [0.3, 0.4) is 0 Å². The largest absolute Gasteiger partial charge is 0.339 e. The number of carbonyl (C=O) groups is 2. The molecule has 0 atom stereocenters. The first-order valence-corrected chi connectivity index (χ1v) is 12.2. The van der Waals surface area contributed by atoms with Crippen molar-refractivity contribution < 1.29 is 9.59 Å². The summed E-state index contributed by atoms with van der Waals surface area (Å²) in [5.74, 6) is 0.217. The van der Waals surface area contributed by atoms with Gasteiger partial charge in [0.25, 0.3) is 5.91 Å². The highest BCUT2D eigenvalue weighted by Gasteiger charge is 2.32. The molecule has 2 aliphatic rings. The van der Waals surface area contributed by atoms with Crippen LogP contribution in [0.4, 0.5) is 5.69 Å². The number of hydrogen-bond acceptors (Lipinski definition) is 3. The van der Waals surface area contributed by atoms with Crippen molar-refractivity contribution in [2.45, 2.75) is 37.0 Å². The number of hydrogen-bond donors (Lipinski definition) is 0. The summed E-state index contributed by atoms with van der Waals surface area (Å²) >= 11 is 7.84. The number of piperidine rings is 1. The molecule has 1 saturated heterocycles. The monoisotopic (exact) mass is 442 g/mol. The summed E-state index contributed by atoms with van der Waals surface area (Å²) in [4.78, 5) is 31.2. The van der Waals surface area contributed by atoms with Crippen molar-refractivity contribution in [1.82, 2.24) is 4.90 Å². The zero-order valence-electron chi connectivity index (χ0n) is 17.3. The molecule has 0 unspecified atom stereocenters. The number of nitrogens with zero attached hydrogens (tertiary/aromatic N) is 2. The summed E-state index contributed by atoms with van der Waals surface area (Å²) < 4.78 is 0. The molecule has 1 fully saturated rings. The van der Waals surface area contributed by atoms with Gasteiger partial charge in [-0.15, -0.1) is 11.8 Å². The Hall–Kier alpha value is -1.98. The van der Waals surface area contributed by atoms with E-state index in [1.807, 2.05) is 58.5 Å². The number of carbonyl (C=O) groups excluding carboxylic acids is 2. The molecule has 2 aromatic rings. The van der Waals surface area contributed by atoms with Crippen molar-refractivity contribution in [3.8, 4) is 0 Å². The van der Waals surface area contributed by atoms with Gasteiger partial charge >= 0.3 is 0 Å². The van der Waals surface area contributed by atoms with E-state index >= 15 is 0 Å². The third kappa shape index (κ3) is 4.52. The summed E-state index contributed by atoms with van der Waals surface area (Å²) in [5, 5.41) is 0.723. The van der Waals surface area contributed by atoms with Crippen molar-refractivity contribution in [3.05, 3.63) is 58.6 Å².